The van der Waals surface area contributed by atoms with Gasteiger partial charge in [0.1, 0.15) is 11.9 Å². The van der Waals surface area contributed by atoms with Crippen molar-refractivity contribution in [2.75, 3.05) is 13.1 Å². The molecular formula is C15H24ClNO. The summed E-state index contributed by atoms with van der Waals surface area (Å²) in [6.45, 7) is 12.4. The van der Waals surface area contributed by atoms with Crippen molar-refractivity contribution in [3.05, 3.63) is 28.3 Å². The van der Waals surface area contributed by atoms with Crippen LogP contribution in [0.5, 0.6) is 5.75 Å². The van der Waals surface area contributed by atoms with Gasteiger partial charge in [-0.05, 0) is 56.5 Å². The molecule has 0 aliphatic rings. The maximum absolute atomic E-state index is 6.14. The molecule has 1 N–H and O–H groups in total. The average molecular weight is 270 g/mol. The fourth-order valence-corrected chi connectivity index (χ4v) is 1.93. The standard InChI is InChI=1S/C15H24ClNO/c1-10(2)8-17-9-13(5)18-14-6-11(3)15(16)12(4)7-14/h6-7,10,13,17H,8-9H2,1-5H3. The van der Waals surface area contributed by atoms with Crippen molar-refractivity contribution in [1.82, 2.24) is 5.32 Å². The maximum Gasteiger partial charge on any atom is 0.120 e. The molecule has 0 spiro atoms. The molecule has 1 aromatic rings. The molecule has 0 fully saturated rings. The van der Waals surface area contributed by atoms with Crippen molar-refractivity contribution < 1.29 is 4.74 Å². The first-order chi connectivity index (χ1) is 8.40. The summed E-state index contributed by atoms with van der Waals surface area (Å²) in [5, 5.41) is 4.22. The molecule has 2 nitrogen and oxygen atoms in total. The van der Waals surface area contributed by atoms with Gasteiger partial charge in [-0.15, -0.1) is 0 Å². The van der Waals surface area contributed by atoms with Crippen LogP contribution >= 0.6 is 11.6 Å². The van der Waals surface area contributed by atoms with Gasteiger partial charge in [0.05, 0.1) is 0 Å². The van der Waals surface area contributed by atoms with E-state index in [2.05, 4.69) is 26.1 Å². The molecule has 0 aliphatic heterocycles. The summed E-state index contributed by atoms with van der Waals surface area (Å²) in [4.78, 5) is 0. The van der Waals surface area contributed by atoms with Gasteiger partial charge in [0.2, 0.25) is 0 Å². The second-order valence-corrected chi connectivity index (χ2v) is 5.73. The Morgan fingerprint density at radius 2 is 1.67 bits per heavy atom. The Bertz CT molecular complexity index is 367. The molecule has 1 rings (SSSR count). The molecule has 0 heterocycles. The fourth-order valence-electron chi connectivity index (χ4n) is 1.82. The van der Waals surface area contributed by atoms with Gasteiger partial charge in [-0.2, -0.15) is 0 Å². The predicted molar refractivity (Wildman–Crippen MR) is 78.7 cm³/mol. The Labute approximate surface area is 116 Å². The number of ether oxygens (including phenoxy) is 1. The van der Waals surface area contributed by atoms with Crippen molar-refractivity contribution >= 4 is 11.6 Å². The molecule has 1 atom stereocenters. The third-order valence-corrected chi connectivity index (χ3v) is 3.33. The smallest absolute Gasteiger partial charge is 0.120 e. The average Bonchev–Trinajstić information content (AvgIpc) is 2.25. The lowest BCUT2D eigenvalue weighted by Crippen LogP contribution is -2.31. The van der Waals surface area contributed by atoms with E-state index in [9.17, 15) is 0 Å². The van der Waals surface area contributed by atoms with Gasteiger partial charge >= 0.3 is 0 Å². The van der Waals surface area contributed by atoms with Gasteiger partial charge in [-0.1, -0.05) is 25.4 Å². The van der Waals surface area contributed by atoms with Crippen LogP contribution in [0.4, 0.5) is 0 Å². The van der Waals surface area contributed by atoms with Crippen LogP contribution < -0.4 is 10.1 Å². The van der Waals surface area contributed by atoms with Crippen LogP contribution in [-0.4, -0.2) is 19.2 Å². The number of rotatable bonds is 6. The Morgan fingerprint density at radius 1 is 1.11 bits per heavy atom. The minimum atomic E-state index is 0.156. The van der Waals surface area contributed by atoms with Crippen molar-refractivity contribution in [2.45, 2.75) is 40.7 Å². The zero-order chi connectivity index (χ0) is 13.7. The molecule has 0 saturated heterocycles. The number of aryl methyl sites for hydroxylation is 2. The number of benzene rings is 1. The number of hydrogen-bond donors (Lipinski definition) is 1. The molecule has 18 heavy (non-hydrogen) atoms. The zero-order valence-corrected chi connectivity index (χ0v) is 12.8. The highest BCUT2D eigenvalue weighted by Gasteiger charge is 2.07. The van der Waals surface area contributed by atoms with E-state index in [0.29, 0.717) is 5.92 Å². The van der Waals surface area contributed by atoms with Crippen molar-refractivity contribution in [2.24, 2.45) is 5.92 Å². The maximum atomic E-state index is 6.14. The molecule has 1 unspecified atom stereocenters. The first-order valence-electron chi connectivity index (χ1n) is 6.54. The summed E-state index contributed by atoms with van der Waals surface area (Å²) < 4.78 is 5.89. The molecule has 0 aromatic heterocycles. The highest BCUT2D eigenvalue weighted by atomic mass is 35.5. The van der Waals surface area contributed by atoms with E-state index >= 15 is 0 Å². The molecule has 0 saturated carbocycles. The Hall–Kier alpha value is -0.730. The van der Waals surface area contributed by atoms with Crippen LogP contribution in [0.1, 0.15) is 31.9 Å². The van der Waals surface area contributed by atoms with E-state index in [0.717, 1.165) is 35.0 Å². The van der Waals surface area contributed by atoms with Gasteiger partial charge in [0.25, 0.3) is 0 Å². The van der Waals surface area contributed by atoms with Crippen LogP contribution in [0.15, 0.2) is 12.1 Å². The second kappa shape index (κ2) is 7.01. The summed E-state index contributed by atoms with van der Waals surface area (Å²) >= 11 is 6.14. The first-order valence-corrected chi connectivity index (χ1v) is 6.92. The molecule has 0 amide bonds. The summed E-state index contributed by atoms with van der Waals surface area (Å²) in [5.41, 5.74) is 2.13. The van der Waals surface area contributed by atoms with E-state index in [1.807, 2.05) is 26.0 Å². The minimum Gasteiger partial charge on any atom is -0.489 e. The minimum absolute atomic E-state index is 0.156. The fraction of sp³-hybridized carbons (Fsp3) is 0.600. The van der Waals surface area contributed by atoms with E-state index in [1.54, 1.807) is 0 Å². The lowest BCUT2D eigenvalue weighted by Gasteiger charge is -2.17. The van der Waals surface area contributed by atoms with Crippen LogP contribution in [-0.2, 0) is 0 Å². The van der Waals surface area contributed by atoms with E-state index in [-0.39, 0.29) is 6.10 Å². The molecule has 0 radical (unpaired) electrons. The Kier molecular flexibility index (Phi) is 5.97. The van der Waals surface area contributed by atoms with E-state index in [1.165, 1.54) is 0 Å². The van der Waals surface area contributed by atoms with E-state index in [4.69, 9.17) is 16.3 Å². The predicted octanol–water partition coefficient (Wildman–Crippen LogP) is 3.97. The monoisotopic (exact) mass is 269 g/mol. The molecular weight excluding hydrogens is 246 g/mol. The van der Waals surface area contributed by atoms with Crippen molar-refractivity contribution in [3.63, 3.8) is 0 Å². The third kappa shape index (κ3) is 4.87. The highest BCUT2D eigenvalue weighted by Crippen LogP contribution is 2.26. The lowest BCUT2D eigenvalue weighted by atomic mass is 10.1. The largest absolute Gasteiger partial charge is 0.489 e. The third-order valence-electron chi connectivity index (χ3n) is 2.73. The van der Waals surface area contributed by atoms with Gasteiger partial charge in [0, 0.05) is 11.6 Å². The van der Waals surface area contributed by atoms with E-state index < -0.39 is 0 Å². The second-order valence-electron chi connectivity index (χ2n) is 5.35. The zero-order valence-electron chi connectivity index (χ0n) is 12.0. The van der Waals surface area contributed by atoms with Crippen LogP contribution in [0.2, 0.25) is 5.02 Å². The summed E-state index contributed by atoms with van der Waals surface area (Å²) in [5.74, 6) is 1.56. The molecule has 1 aromatic carbocycles. The SMILES string of the molecule is Cc1cc(OC(C)CNCC(C)C)cc(C)c1Cl. The highest BCUT2D eigenvalue weighted by molar-refractivity contribution is 6.32. The van der Waals surface area contributed by atoms with Gasteiger partial charge in [-0.25, -0.2) is 0 Å². The van der Waals surface area contributed by atoms with Gasteiger partial charge in [0.15, 0.2) is 0 Å². The normalized spacial score (nSPS) is 12.8. The van der Waals surface area contributed by atoms with Crippen molar-refractivity contribution in [3.8, 4) is 5.75 Å². The quantitative estimate of drug-likeness (QED) is 0.844. The number of nitrogens with one attached hydrogen (secondary N) is 1. The Balaban J connectivity index is 2.51. The molecule has 3 heteroatoms. The molecule has 102 valence electrons. The van der Waals surface area contributed by atoms with Crippen LogP contribution in [0.25, 0.3) is 0 Å². The summed E-state index contributed by atoms with van der Waals surface area (Å²) in [6.07, 6.45) is 0.156. The molecule has 0 aliphatic carbocycles. The lowest BCUT2D eigenvalue weighted by molar-refractivity contribution is 0.215. The summed E-state index contributed by atoms with van der Waals surface area (Å²) in [7, 11) is 0. The van der Waals surface area contributed by atoms with Gasteiger partial charge in [-0.3, -0.25) is 0 Å². The number of halogens is 1. The summed E-state index contributed by atoms with van der Waals surface area (Å²) in [6, 6.07) is 3.99. The topological polar surface area (TPSA) is 21.3 Å². The molecule has 0 bridgehead atoms. The first kappa shape index (κ1) is 15.3. The number of hydrogen-bond acceptors (Lipinski definition) is 2. The Morgan fingerprint density at radius 3 is 2.17 bits per heavy atom. The van der Waals surface area contributed by atoms with Crippen LogP contribution in [0.3, 0.4) is 0 Å². The van der Waals surface area contributed by atoms with Gasteiger partial charge < -0.3 is 10.1 Å². The van der Waals surface area contributed by atoms with Crippen LogP contribution in [0, 0.1) is 19.8 Å². The van der Waals surface area contributed by atoms with Crippen molar-refractivity contribution in [1.29, 1.82) is 0 Å².